The average molecular weight is 373 g/mol. The molecule has 3 aromatic carbocycles. The second-order valence-corrected chi connectivity index (χ2v) is 6.70. The Kier molecular flexibility index (Phi) is 6.15. The molecule has 0 aliphatic rings. The number of rotatable bonds is 7. The van der Waals surface area contributed by atoms with Crippen LogP contribution in [0, 0.1) is 11.3 Å². The van der Waals surface area contributed by atoms with Crippen molar-refractivity contribution < 1.29 is 9.84 Å². The second-order valence-electron chi connectivity index (χ2n) is 6.70. The number of nitrogens with one attached hydrogen (secondary N) is 1. The number of hydrogen-bond donors (Lipinski definition) is 2. The van der Waals surface area contributed by atoms with Crippen LogP contribution < -0.4 is 10.1 Å². The number of aromatic hydroxyl groups is 1. The maximum absolute atomic E-state index is 10.3. The summed E-state index contributed by atoms with van der Waals surface area (Å²) in [6.07, 6.45) is 0. The minimum atomic E-state index is -0.0306. The van der Waals surface area contributed by atoms with E-state index in [9.17, 15) is 10.4 Å². The third-order valence-corrected chi connectivity index (χ3v) is 4.27. The first-order chi connectivity index (χ1) is 13.6. The topological polar surface area (TPSA) is 68.5 Å². The number of para-hydroxylation sites is 1. The van der Waals surface area contributed by atoms with Gasteiger partial charge < -0.3 is 20.1 Å². The third kappa shape index (κ3) is 4.81. The van der Waals surface area contributed by atoms with Crippen LogP contribution in [-0.2, 0) is 0 Å². The maximum Gasteiger partial charge on any atom is 0.136 e. The highest BCUT2D eigenvalue weighted by atomic mass is 16.5. The lowest BCUT2D eigenvalue weighted by Gasteiger charge is -2.15. The smallest absolute Gasteiger partial charge is 0.136 e. The van der Waals surface area contributed by atoms with E-state index in [1.54, 1.807) is 6.07 Å². The number of likely N-dealkylation sites (N-methyl/N-ethyl adjacent to an activating group) is 1. The zero-order valence-corrected chi connectivity index (χ0v) is 16.0. The molecule has 0 heterocycles. The van der Waals surface area contributed by atoms with Crippen LogP contribution in [0.3, 0.4) is 0 Å². The minimum Gasteiger partial charge on any atom is -0.506 e. The van der Waals surface area contributed by atoms with Crippen molar-refractivity contribution in [3.63, 3.8) is 0 Å². The van der Waals surface area contributed by atoms with Crippen molar-refractivity contribution in [2.45, 2.75) is 0 Å². The summed E-state index contributed by atoms with van der Waals surface area (Å²) in [5.74, 6) is 1.48. The van der Waals surface area contributed by atoms with Crippen LogP contribution in [0.25, 0.3) is 11.1 Å². The molecule has 2 N–H and O–H groups in total. The number of benzene rings is 3. The summed E-state index contributed by atoms with van der Waals surface area (Å²) in [5.41, 5.74) is 2.64. The highest BCUT2D eigenvalue weighted by Crippen LogP contribution is 2.33. The Labute approximate surface area is 165 Å². The van der Waals surface area contributed by atoms with E-state index in [1.807, 2.05) is 79.7 Å². The molecule has 0 unspecified atom stereocenters. The molecule has 0 bridgehead atoms. The molecular formula is C23H23N3O2. The number of nitriles is 1. The Bertz CT molecular complexity index is 962. The SMILES string of the molecule is CN(C)CCNc1cc(-c2ccc(Oc3ccccc3)cc2)cc(O)c1C#N. The summed E-state index contributed by atoms with van der Waals surface area (Å²) >= 11 is 0. The number of anilines is 1. The molecule has 0 aliphatic carbocycles. The van der Waals surface area contributed by atoms with Gasteiger partial charge in [0.25, 0.3) is 0 Å². The van der Waals surface area contributed by atoms with Gasteiger partial charge in [0.2, 0.25) is 0 Å². The number of phenolic OH excluding ortho intramolecular Hbond substituents is 1. The largest absolute Gasteiger partial charge is 0.506 e. The number of phenols is 1. The van der Waals surface area contributed by atoms with Crippen LogP contribution in [-0.4, -0.2) is 37.2 Å². The molecule has 142 valence electrons. The van der Waals surface area contributed by atoms with E-state index in [0.717, 1.165) is 29.2 Å². The van der Waals surface area contributed by atoms with Crippen molar-refractivity contribution in [3.05, 3.63) is 72.3 Å². The Morgan fingerprint density at radius 1 is 0.964 bits per heavy atom. The summed E-state index contributed by atoms with van der Waals surface area (Å²) in [6, 6.07) is 22.8. The molecule has 0 spiro atoms. The van der Waals surface area contributed by atoms with E-state index in [4.69, 9.17) is 4.74 Å². The van der Waals surface area contributed by atoms with Gasteiger partial charge in [0.1, 0.15) is 28.9 Å². The normalized spacial score (nSPS) is 10.5. The molecule has 3 aromatic rings. The van der Waals surface area contributed by atoms with Crippen LogP contribution in [0.1, 0.15) is 5.56 Å². The first-order valence-electron chi connectivity index (χ1n) is 9.06. The molecule has 0 saturated heterocycles. The van der Waals surface area contributed by atoms with Crippen LogP contribution in [0.15, 0.2) is 66.7 Å². The zero-order chi connectivity index (χ0) is 19.9. The molecule has 0 atom stereocenters. The monoisotopic (exact) mass is 373 g/mol. The molecule has 5 nitrogen and oxygen atoms in total. The fourth-order valence-electron chi connectivity index (χ4n) is 2.80. The van der Waals surface area contributed by atoms with Crippen molar-refractivity contribution in [2.75, 3.05) is 32.5 Å². The van der Waals surface area contributed by atoms with Gasteiger partial charge in [-0.1, -0.05) is 30.3 Å². The highest BCUT2D eigenvalue weighted by molar-refractivity contribution is 5.76. The van der Waals surface area contributed by atoms with E-state index < -0.39 is 0 Å². The highest BCUT2D eigenvalue weighted by Gasteiger charge is 2.11. The van der Waals surface area contributed by atoms with Crippen LogP contribution in [0.4, 0.5) is 5.69 Å². The van der Waals surface area contributed by atoms with E-state index >= 15 is 0 Å². The van der Waals surface area contributed by atoms with Gasteiger partial charge >= 0.3 is 0 Å². The second kappa shape index (κ2) is 8.94. The Morgan fingerprint density at radius 3 is 2.29 bits per heavy atom. The van der Waals surface area contributed by atoms with Crippen molar-refractivity contribution in [2.24, 2.45) is 0 Å². The van der Waals surface area contributed by atoms with E-state index in [0.29, 0.717) is 12.2 Å². The van der Waals surface area contributed by atoms with Gasteiger partial charge in [-0.25, -0.2) is 0 Å². The van der Waals surface area contributed by atoms with Gasteiger partial charge in [-0.05, 0) is 61.6 Å². The Balaban J connectivity index is 1.82. The van der Waals surface area contributed by atoms with Gasteiger partial charge in [-0.15, -0.1) is 0 Å². The molecule has 3 rings (SSSR count). The van der Waals surface area contributed by atoms with E-state index in [2.05, 4.69) is 11.4 Å². The standard InChI is InChI=1S/C23H23N3O2/c1-26(2)13-12-25-22-14-18(15-23(27)21(22)16-24)17-8-10-20(11-9-17)28-19-6-4-3-5-7-19/h3-11,14-15,25,27H,12-13H2,1-2H3. The number of nitrogens with zero attached hydrogens (tertiary/aromatic N) is 2. The van der Waals surface area contributed by atoms with Gasteiger partial charge in [0.15, 0.2) is 0 Å². The summed E-state index contributed by atoms with van der Waals surface area (Å²) < 4.78 is 5.82. The predicted octanol–water partition coefficient (Wildman–Crippen LogP) is 4.70. The maximum atomic E-state index is 10.3. The van der Waals surface area contributed by atoms with E-state index in [1.165, 1.54) is 0 Å². The number of ether oxygens (including phenoxy) is 1. The average Bonchev–Trinajstić information content (AvgIpc) is 2.69. The van der Waals surface area contributed by atoms with Gasteiger partial charge in [-0.3, -0.25) is 0 Å². The van der Waals surface area contributed by atoms with Gasteiger partial charge in [0.05, 0.1) is 5.69 Å². The molecule has 0 saturated carbocycles. The molecule has 0 aromatic heterocycles. The third-order valence-electron chi connectivity index (χ3n) is 4.27. The fraction of sp³-hybridized carbons (Fsp3) is 0.174. The summed E-state index contributed by atoms with van der Waals surface area (Å²) in [7, 11) is 3.97. The quantitative estimate of drug-likeness (QED) is 0.628. The Hall–Kier alpha value is -3.49. The van der Waals surface area contributed by atoms with Crippen molar-refractivity contribution in [3.8, 4) is 34.4 Å². The molecule has 0 aliphatic heterocycles. The van der Waals surface area contributed by atoms with Crippen molar-refractivity contribution in [1.82, 2.24) is 4.90 Å². The van der Waals surface area contributed by atoms with Crippen LogP contribution >= 0.6 is 0 Å². The Morgan fingerprint density at radius 2 is 1.64 bits per heavy atom. The first-order valence-corrected chi connectivity index (χ1v) is 9.06. The molecular weight excluding hydrogens is 350 g/mol. The zero-order valence-electron chi connectivity index (χ0n) is 16.0. The number of hydrogen-bond acceptors (Lipinski definition) is 5. The lowest BCUT2D eigenvalue weighted by molar-refractivity contribution is 0.425. The van der Waals surface area contributed by atoms with Gasteiger partial charge in [0, 0.05) is 13.1 Å². The summed E-state index contributed by atoms with van der Waals surface area (Å²) in [4.78, 5) is 2.05. The summed E-state index contributed by atoms with van der Waals surface area (Å²) in [5, 5.41) is 22.9. The van der Waals surface area contributed by atoms with Crippen LogP contribution in [0.2, 0.25) is 0 Å². The van der Waals surface area contributed by atoms with Crippen LogP contribution in [0.5, 0.6) is 17.2 Å². The molecule has 28 heavy (non-hydrogen) atoms. The molecule has 5 heteroatoms. The molecule has 0 amide bonds. The lowest BCUT2D eigenvalue weighted by Crippen LogP contribution is -2.21. The molecule has 0 radical (unpaired) electrons. The molecule has 0 fully saturated rings. The summed E-state index contributed by atoms with van der Waals surface area (Å²) in [6.45, 7) is 1.50. The van der Waals surface area contributed by atoms with Crippen molar-refractivity contribution >= 4 is 5.69 Å². The van der Waals surface area contributed by atoms with E-state index in [-0.39, 0.29) is 11.3 Å². The lowest BCUT2D eigenvalue weighted by atomic mass is 10.0. The predicted molar refractivity (Wildman–Crippen MR) is 112 cm³/mol. The minimum absolute atomic E-state index is 0.0306. The van der Waals surface area contributed by atoms with Gasteiger partial charge in [-0.2, -0.15) is 5.26 Å². The first kappa shape index (κ1) is 19.3. The fourth-order valence-corrected chi connectivity index (χ4v) is 2.80. The van der Waals surface area contributed by atoms with Crippen molar-refractivity contribution in [1.29, 1.82) is 5.26 Å².